The quantitative estimate of drug-likeness (QED) is 0.281. The number of thioether (sulfide) groups is 1. The van der Waals surface area contributed by atoms with Gasteiger partial charge in [-0.1, -0.05) is 29.8 Å². The molecule has 0 spiro atoms. The summed E-state index contributed by atoms with van der Waals surface area (Å²) in [5.41, 5.74) is 1.12. The molecule has 4 aromatic rings. The minimum Gasteiger partial charge on any atom is -0.268 e. The Labute approximate surface area is 212 Å². The van der Waals surface area contributed by atoms with Crippen molar-refractivity contribution in [2.45, 2.75) is 19.3 Å². The molecule has 1 aliphatic heterocycles. The molecule has 0 N–H and O–H groups in total. The Kier molecular flexibility index (Phi) is 6.31. The summed E-state index contributed by atoms with van der Waals surface area (Å²) < 4.78 is 41.9. The van der Waals surface area contributed by atoms with Gasteiger partial charge in [0.2, 0.25) is 0 Å². The normalized spacial score (nSPS) is 15.4. The third kappa shape index (κ3) is 4.87. The number of aromatic nitrogens is 3. The molecule has 2 aromatic heterocycles. The molecule has 6 nitrogen and oxygen atoms in total. The van der Waals surface area contributed by atoms with Crippen LogP contribution in [0.2, 0.25) is 5.02 Å². The minimum absolute atomic E-state index is 0.00508. The molecule has 11 heteroatoms. The van der Waals surface area contributed by atoms with E-state index in [0.29, 0.717) is 22.2 Å². The summed E-state index contributed by atoms with van der Waals surface area (Å²) >= 11 is 6.62. The number of imide groups is 1. The first-order valence-electron chi connectivity index (χ1n) is 10.7. The molecular weight excluding hydrogens is 513 g/mol. The molecule has 2 aromatic carbocycles. The van der Waals surface area contributed by atoms with E-state index in [1.807, 2.05) is 0 Å². The van der Waals surface area contributed by atoms with Gasteiger partial charge in [0.1, 0.15) is 0 Å². The van der Waals surface area contributed by atoms with Crippen LogP contribution in [0.1, 0.15) is 22.4 Å². The number of fused-ring (bicyclic) bond motifs is 1. The van der Waals surface area contributed by atoms with Crippen LogP contribution in [0.4, 0.5) is 18.0 Å². The number of hydrogen-bond donors (Lipinski definition) is 0. The lowest BCUT2D eigenvalue weighted by atomic mass is 10.1. The van der Waals surface area contributed by atoms with E-state index in [4.69, 9.17) is 11.6 Å². The van der Waals surface area contributed by atoms with Crippen LogP contribution >= 0.6 is 23.4 Å². The Hall–Kier alpha value is -3.63. The van der Waals surface area contributed by atoms with Crippen molar-refractivity contribution >= 4 is 51.5 Å². The number of carbonyl (C=O) groups excluding carboxylic acids is 2. The van der Waals surface area contributed by atoms with Crippen LogP contribution in [-0.4, -0.2) is 30.8 Å². The van der Waals surface area contributed by atoms with Crippen molar-refractivity contribution in [1.29, 1.82) is 0 Å². The zero-order valence-corrected chi connectivity index (χ0v) is 19.9. The van der Waals surface area contributed by atoms with Crippen molar-refractivity contribution in [1.82, 2.24) is 19.7 Å². The van der Waals surface area contributed by atoms with Crippen LogP contribution in [-0.2, 0) is 24.1 Å². The number of carbonyl (C=O) groups is 2. The van der Waals surface area contributed by atoms with Gasteiger partial charge in [-0.05, 0) is 65.4 Å². The summed E-state index contributed by atoms with van der Waals surface area (Å²) in [6.07, 6.45) is 0.205. The van der Waals surface area contributed by atoms with Gasteiger partial charge in [0.25, 0.3) is 11.1 Å². The molecule has 36 heavy (non-hydrogen) atoms. The Morgan fingerprint density at radius 3 is 2.61 bits per heavy atom. The van der Waals surface area contributed by atoms with Crippen LogP contribution < -0.4 is 0 Å². The second-order valence-corrected chi connectivity index (χ2v) is 9.44. The molecule has 5 rings (SSSR count). The first kappa shape index (κ1) is 24.1. The largest absolute Gasteiger partial charge is 0.416 e. The molecule has 0 unspecified atom stereocenters. The predicted molar refractivity (Wildman–Crippen MR) is 131 cm³/mol. The third-order valence-corrected chi connectivity index (χ3v) is 6.72. The van der Waals surface area contributed by atoms with E-state index < -0.39 is 17.6 Å². The highest BCUT2D eigenvalue weighted by Crippen LogP contribution is 2.35. The van der Waals surface area contributed by atoms with Gasteiger partial charge in [-0.25, -0.2) is 0 Å². The van der Waals surface area contributed by atoms with Gasteiger partial charge in [-0.3, -0.25) is 24.2 Å². The SMILES string of the molecule is O=C1SC(=Cc2ccc3c(cnn3Cc3ccc(Cl)cc3C(F)(F)F)c2)C(=O)N1Cc1ccccn1. The Morgan fingerprint density at radius 2 is 1.86 bits per heavy atom. The number of alkyl halides is 3. The van der Waals surface area contributed by atoms with Gasteiger partial charge in [0.05, 0.1) is 41.0 Å². The highest BCUT2D eigenvalue weighted by molar-refractivity contribution is 8.18. The maximum atomic E-state index is 13.5. The molecule has 0 saturated carbocycles. The van der Waals surface area contributed by atoms with E-state index in [-0.39, 0.29) is 33.8 Å². The van der Waals surface area contributed by atoms with E-state index in [2.05, 4.69) is 10.1 Å². The number of hydrogen-bond acceptors (Lipinski definition) is 5. The topological polar surface area (TPSA) is 68.1 Å². The van der Waals surface area contributed by atoms with E-state index in [0.717, 1.165) is 22.7 Å². The van der Waals surface area contributed by atoms with Gasteiger partial charge < -0.3 is 0 Å². The fraction of sp³-hybridized carbons (Fsp3) is 0.120. The van der Waals surface area contributed by atoms with Crippen LogP contribution in [0.25, 0.3) is 17.0 Å². The average molecular weight is 529 g/mol. The first-order chi connectivity index (χ1) is 17.2. The fourth-order valence-corrected chi connectivity index (χ4v) is 4.88. The zero-order valence-electron chi connectivity index (χ0n) is 18.4. The summed E-state index contributed by atoms with van der Waals surface area (Å²) in [5, 5.41) is 4.55. The summed E-state index contributed by atoms with van der Waals surface area (Å²) in [7, 11) is 0. The van der Waals surface area contributed by atoms with E-state index in [1.165, 1.54) is 16.8 Å². The smallest absolute Gasteiger partial charge is 0.268 e. The molecule has 1 fully saturated rings. The lowest BCUT2D eigenvalue weighted by Crippen LogP contribution is -2.27. The van der Waals surface area contributed by atoms with Gasteiger partial charge in [0.15, 0.2) is 0 Å². The van der Waals surface area contributed by atoms with Gasteiger partial charge >= 0.3 is 6.18 Å². The van der Waals surface area contributed by atoms with Crippen molar-refractivity contribution < 1.29 is 22.8 Å². The van der Waals surface area contributed by atoms with E-state index in [9.17, 15) is 22.8 Å². The molecule has 0 bridgehead atoms. The predicted octanol–water partition coefficient (Wildman–Crippen LogP) is 6.39. The van der Waals surface area contributed by atoms with Gasteiger partial charge in [-0.2, -0.15) is 18.3 Å². The fourth-order valence-electron chi connectivity index (χ4n) is 3.87. The number of rotatable bonds is 5. The second kappa shape index (κ2) is 9.44. The molecule has 2 amide bonds. The zero-order chi connectivity index (χ0) is 25.4. The highest BCUT2D eigenvalue weighted by atomic mass is 35.5. The van der Waals surface area contributed by atoms with Gasteiger partial charge in [0, 0.05) is 16.6 Å². The molecule has 0 aliphatic carbocycles. The van der Waals surface area contributed by atoms with E-state index in [1.54, 1.807) is 54.9 Å². The number of halogens is 4. The van der Waals surface area contributed by atoms with Crippen molar-refractivity contribution in [3.63, 3.8) is 0 Å². The number of benzene rings is 2. The number of pyridine rings is 1. The third-order valence-electron chi connectivity index (χ3n) is 5.58. The molecule has 182 valence electrons. The highest BCUT2D eigenvalue weighted by Gasteiger charge is 2.35. The Balaban J connectivity index is 1.39. The maximum absolute atomic E-state index is 13.5. The van der Waals surface area contributed by atoms with Crippen LogP contribution in [0, 0.1) is 0 Å². The van der Waals surface area contributed by atoms with Crippen molar-refractivity contribution in [2.24, 2.45) is 0 Å². The summed E-state index contributed by atoms with van der Waals surface area (Å²) in [6, 6.07) is 14.1. The summed E-state index contributed by atoms with van der Waals surface area (Å²) in [4.78, 5) is 30.8. The molecular formula is C25H16ClF3N4O2S. The summed E-state index contributed by atoms with van der Waals surface area (Å²) in [6.45, 7) is -0.0134. The Bertz CT molecular complexity index is 1520. The minimum atomic E-state index is -4.55. The molecule has 0 atom stereocenters. The van der Waals surface area contributed by atoms with Crippen molar-refractivity contribution in [3.05, 3.63) is 99.3 Å². The van der Waals surface area contributed by atoms with Crippen molar-refractivity contribution in [2.75, 3.05) is 0 Å². The Morgan fingerprint density at radius 1 is 1.03 bits per heavy atom. The molecule has 1 aliphatic rings. The second-order valence-electron chi connectivity index (χ2n) is 8.01. The average Bonchev–Trinajstić information content (AvgIpc) is 3.35. The van der Waals surface area contributed by atoms with Crippen LogP contribution in [0.5, 0.6) is 0 Å². The maximum Gasteiger partial charge on any atom is 0.416 e. The van der Waals surface area contributed by atoms with Crippen LogP contribution in [0.15, 0.2) is 71.9 Å². The van der Waals surface area contributed by atoms with Crippen molar-refractivity contribution in [3.8, 4) is 0 Å². The molecule has 3 heterocycles. The monoisotopic (exact) mass is 528 g/mol. The lowest BCUT2D eigenvalue weighted by molar-refractivity contribution is -0.138. The number of nitrogens with zero attached hydrogens (tertiary/aromatic N) is 4. The van der Waals surface area contributed by atoms with E-state index >= 15 is 0 Å². The molecule has 0 radical (unpaired) electrons. The standard InChI is InChI=1S/C25H16ClF3N4O2S/c26-18-6-5-16(20(11-18)25(27,28)29)13-33-21-7-4-15(9-17(21)12-31-33)10-22-23(34)32(24(35)36-22)14-19-3-1-2-8-30-19/h1-12H,13-14H2. The first-order valence-corrected chi connectivity index (χ1v) is 11.8. The summed E-state index contributed by atoms with van der Waals surface area (Å²) in [5.74, 6) is -0.408. The molecule has 1 saturated heterocycles. The lowest BCUT2D eigenvalue weighted by Gasteiger charge is -2.14. The van der Waals surface area contributed by atoms with Crippen LogP contribution in [0.3, 0.4) is 0 Å². The number of amides is 2. The van der Waals surface area contributed by atoms with Gasteiger partial charge in [-0.15, -0.1) is 0 Å².